The Morgan fingerprint density at radius 3 is 2.40 bits per heavy atom. The van der Waals surface area contributed by atoms with Gasteiger partial charge in [-0.3, -0.25) is 9.69 Å². The summed E-state index contributed by atoms with van der Waals surface area (Å²) in [5.74, 6) is 0.766. The predicted molar refractivity (Wildman–Crippen MR) is 99.0 cm³/mol. The summed E-state index contributed by atoms with van der Waals surface area (Å²) in [6.45, 7) is 8.63. The van der Waals surface area contributed by atoms with Crippen LogP contribution in [0.4, 0.5) is 5.69 Å². The Morgan fingerprint density at radius 2 is 1.80 bits per heavy atom. The average molecular weight is 337 g/mol. The Kier molecular flexibility index (Phi) is 5.19. The van der Waals surface area contributed by atoms with Crippen LogP contribution in [0.3, 0.4) is 0 Å². The fraction of sp³-hybridized carbons (Fsp3) is 0.286. The number of anilines is 1. The number of hydrogen-bond acceptors (Lipinski definition) is 3. The first-order chi connectivity index (χ1) is 12.2. The van der Waals surface area contributed by atoms with Gasteiger partial charge in [0.2, 0.25) is 0 Å². The van der Waals surface area contributed by atoms with E-state index in [9.17, 15) is 4.79 Å². The number of ether oxygens (including phenoxy) is 2. The highest BCUT2D eigenvalue weighted by Crippen LogP contribution is 2.41. The molecule has 1 aliphatic rings. The Bertz CT molecular complexity index is 737. The van der Waals surface area contributed by atoms with Crippen LogP contribution >= 0.6 is 0 Å². The van der Waals surface area contributed by atoms with Crippen LogP contribution in [0.5, 0.6) is 5.75 Å². The Labute approximate surface area is 148 Å². The van der Waals surface area contributed by atoms with E-state index in [4.69, 9.17) is 9.47 Å². The second-order valence-electron chi connectivity index (χ2n) is 6.03. The van der Waals surface area contributed by atoms with Crippen molar-refractivity contribution in [2.75, 3.05) is 18.1 Å². The molecule has 0 radical (unpaired) electrons. The molecule has 0 aromatic heterocycles. The van der Waals surface area contributed by atoms with Crippen LogP contribution in [0, 0.1) is 6.92 Å². The van der Waals surface area contributed by atoms with Crippen LogP contribution in [-0.2, 0) is 9.53 Å². The number of amides is 1. The summed E-state index contributed by atoms with van der Waals surface area (Å²) in [5.41, 5.74) is 3.09. The van der Waals surface area contributed by atoms with E-state index in [1.807, 2.05) is 38.1 Å². The van der Waals surface area contributed by atoms with Crippen molar-refractivity contribution in [3.05, 3.63) is 72.3 Å². The van der Waals surface area contributed by atoms with Gasteiger partial charge in [0.05, 0.1) is 19.3 Å². The molecule has 4 heteroatoms. The zero-order valence-electron chi connectivity index (χ0n) is 14.6. The van der Waals surface area contributed by atoms with E-state index in [0.717, 1.165) is 17.0 Å². The van der Waals surface area contributed by atoms with Gasteiger partial charge in [-0.1, -0.05) is 35.9 Å². The van der Waals surface area contributed by atoms with Crippen LogP contribution in [0.15, 0.2) is 61.2 Å². The van der Waals surface area contributed by atoms with Crippen molar-refractivity contribution in [1.82, 2.24) is 0 Å². The molecule has 2 aromatic carbocycles. The van der Waals surface area contributed by atoms with Gasteiger partial charge in [0.25, 0.3) is 5.91 Å². The summed E-state index contributed by atoms with van der Waals surface area (Å²) in [4.78, 5) is 14.5. The lowest BCUT2D eigenvalue weighted by molar-refractivity contribution is -0.141. The topological polar surface area (TPSA) is 38.8 Å². The predicted octanol–water partition coefficient (Wildman–Crippen LogP) is 4.05. The molecule has 0 aliphatic carbocycles. The smallest absolute Gasteiger partial charge is 0.259 e. The molecule has 3 rings (SSSR count). The third kappa shape index (κ3) is 3.44. The van der Waals surface area contributed by atoms with Gasteiger partial charge >= 0.3 is 0 Å². The minimum absolute atomic E-state index is 0.0309. The largest absolute Gasteiger partial charge is 0.494 e. The highest BCUT2D eigenvalue weighted by Gasteiger charge is 2.49. The number of hydrogen-bond donors (Lipinski definition) is 0. The van der Waals surface area contributed by atoms with Crippen LogP contribution in [0.2, 0.25) is 0 Å². The van der Waals surface area contributed by atoms with Gasteiger partial charge in [-0.2, -0.15) is 0 Å². The number of benzene rings is 2. The zero-order chi connectivity index (χ0) is 17.8. The van der Waals surface area contributed by atoms with E-state index in [0.29, 0.717) is 13.2 Å². The maximum Gasteiger partial charge on any atom is 0.259 e. The molecule has 1 aliphatic heterocycles. The van der Waals surface area contributed by atoms with E-state index >= 15 is 0 Å². The number of rotatable bonds is 7. The van der Waals surface area contributed by atoms with E-state index in [1.54, 1.807) is 11.0 Å². The third-order valence-electron chi connectivity index (χ3n) is 4.28. The Morgan fingerprint density at radius 1 is 1.12 bits per heavy atom. The first-order valence-electron chi connectivity index (χ1n) is 8.50. The molecule has 1 fully saturated rings. The maximum atomic E-state index is 12.7. The van der Waals surface area contributed by atoms with Crippen LogP contribution in [0.25, 0.3) is 0 Å². The SMILES string of the molecule is C=CCO[C@@H]1C(=O)N(c2ccc(OCC)cc2)[C@@H]1c1ccc(C)cc1. The lowest BCUT2D eigenvalue weighted by atomic mass is 9.89. The fourth-order valence-corrected chi connectivity index (χ4v) is 3.04. The van der Waals surface area contributed by atoms with E-state index in [1.165, 1.54) is 5.56 Å². The van der Waals surface area contributed by atoms with Gasteiger partial charge in [-0.25, -0.2) is 0 Å². The molecule has 0 spiro atoms. The molecule has 0 unspecified atom stereocenters. The number of carbonyl (C=O) groups is 1. The number of β-lactam (4-membered cyclic amide) rings is 1. The van der Waals surface area contributed by atoms with E-state index in [-0.39, 0.29) is 11.9 Å². The van der Waals surface area contributed by atoms with Crippen LogP contribution < -0.4 is 9.64 Å². The maximum absolute atomic E-state index is 12.7. The molecule has 1 heterocycles. The van der Waals surface area contributed by atoms with E-state index in [2.05, 4.69) is 30.8 Å². The van der Waals surface area contributed by atoms with Gasteiger partial charge in [-0.05, 0) is 43.7 Å². The van der Waals surface area contributed by atoms with Gasteiger partial charge < -0.3 is 9.47 Å². The van der Waals surface area contributed by atoms with Crippen molar-refractivity contribution >= 4 is 11.6 Å². The molecule has 1 amide bonds. The van der Waals surface area contributed by atoms with Crippen LogP contribution in [-0.4, -0.2) is 25.2 Å². The first-order valence-corrected chi connectivity index (χ1v) is 8.50. The zero-order valence-corrected chi connectivity index (χ0v) is 14.6. The summed E-state index contributed by atoms with van der Waals surface area (Å²) in [5, 5.41) is 0. The van der Waals surface area contributed by atoms with Gasteiger partial charge in [0, 0.05) is 5.69 Å². The highest BCUT2D eigenvalue weighted by molar-refractivity contribution is 6.05. The minimum Gasteiger partial charge on any atom is -0.494 e. The molecule has 130 valence electrons. The number of nitrogens with zero attached hydrogens (tertiary/aromatic N) is 1. The summed E-state index contributed by atoms with van der Waals surface area (Å²) >= 11 is 0. The van der Waals surface area contributed by atoms with E-state index < -0.39 is 6.10 Å². The van der Waals surface area contributed by atoms with Crippen molar-refractivity contribution in [2.24, 2.45) is 0 Å². The quantitative estimate of drug-likeness (QED) is 0.565. The van der Waals surface area contributed by atoms with Crippen molar-refractivity contribution < 1.29 is 14.3 Å². The molecule has 1 saturated heterocycles. The molecule has 2 atom stereocenters. The summed E-state index contributed by atoms with van der Waals surface area (Å²) in [7, 11) is 0. The van der Waals surface area contributed by atoms with Crippen molar-refractivity contribution in [3.63, 3.8) is 0 Å². The summed E-state index contributed by atoms with van der Waals surface area (Å²) in [6, 6.07) is 15.7. The lowest BCUT2D eigenvalue weighted by Gasteiger charge is -2.46. The molecule has 0 N–H and O–H groups in total. The Balaban J connectivity index is 1.89. The lowest BCUT2D eigenvalue weighted by Crippen LogP contribution is -2.60. The molecule has 0 bridgehead atoms. The monoisotopic (exact) mass is 337 g/mol. The molecule has 2 aromatic rings. The second-order valence-corrected chi connectivity index (χ2v) is 6.03. The summed E-state index contributed by atoms with van der Waals surface area (Å²) in [6.07, 6.45) is 1.19. The normalized spacial score (nSPS) is 19.4. The van der Waals surface area contributed by atoms with Gasteiger partial charge in [-0.15, -0.1) is 6.58 Å². The fourth-order valence-electron chi connectivity index (χ4n) is 3.04. The van der Waals surface area contributed by atoms with Crippen LogP contribution in [0.1, 0.15) is 24.1 Å². The van der Waals surface area contributed by atoms with Crippen molar-refractivity contribution in [1.29, 1.82) is 0 Å². The third-order valence-corrected chi connectivity index (χ3v) is 4.28. The van der Waals surface area contributed by atoms with Crippen molar-refractivity contribution in [2.45, 2.75) is 26.0 Å². The average Bonchev–Trinajstić information content (AvgIpc) is 2.62. The molecular weight excluding hydrogens is 314 g/mol. The second kappa shape index (κ2) is 7.53. The van der Waals surface area contributed by atoms with Crippen molar-refractivity contribution in [3.8, 4) is 5.75 Å². The van der Waals surface area contributed by atoms with Gasteiger partial charge in [0.15, 0.2) is 6.10 Å². The standard InChI is InChI=1S/C21H23NO3/c1-4-14-25-20-19(16-8-6-15(3)7-9-16)22(21(20)23)17-10-12-18(13-11-17)24-5-2/h4,6-13,19-20H,1,5,14H2,2-3H3/t19-,20+/m1/s1. The number of aryl methyl sites for hydroxylation is 1. The summed E-state index contributed by atoms with van der Waals surface area (Å²) < 4.78 is 11.2. The molecule has 4 nitrogen and oxygen atoms in total. The first kappa shape index (κ1) is 17.2. The molecular formula is C21H23NO3. The Hall–Kier alpha value is -2.59. The van der Waals surface area contributed by atoms with Gasteiger partial charge in [0.1, 0.15) is 5.75 Å². The number of carbonyl (C=O) groups excluding carboxylic acids is 1. The highest BCUT2D eigenvalue weighted by atomic mass is 16.5. The molecule has 25 heavy (non-hydrogen) atoms. The minimum atomic E-state index is -0.479. The molecule has 0 saturated carbocycles.